The second-order valence-corrected chi connectivity index (χ2v) is 9.51. The third-order valence-corrected chi connectivity index (χ3v) is 6.53. The monoisotopic (exact) mass is 503 g/mol. The van der Waals surface area contributed by atoms with Gasteiger partial charge in [0.2, 0.25) is 6.79 Å². The molecular formula is C29H33N3O5. The minimum atomic E-state index is -0.709. The van der Waals surface area contributed by atoms with Crippen molar-refractivity contribution >= 4 is 5.91 Å². The third-order valence-electron chi connectivity index (χ3n) is 6.53. The molecule has 1 amide bonds. The number of aromatic nitrogens is 1. The molecule has 37 heavy (non-hydrogen) atoms. The summed E-state index contributed by atoms with van der Waals surface area (Å²) in [7, 11) is 0. The lowest BCUT2D eigenvalue weighted by atomic mass is 10.1. The minimum Gasteiger partial charge on any atom is -0.479 e. The van der Waals surface area contributed by atoms with Crippen LogP contribution in [0.25, 0.3) is 0 Å². The standard InChI is InChI=1S/C29H33N3O5/c1-21-4-2-5-24(14-21)37-28(29(33)31-16-22-9-11-30-12-10-22)19-32(18-25-6-3-13-34-25)17-23-7-8-26-27(15-23)36-20-35-26/h2,4-5,7-12,14-15,25,28H,3,6,13,16-20H2,1H3,(H,31,33). The fraction of sp³-hybridized carbons (Fsp3) is 0.379. The topological polar surface area (TPSA) is 82.2 Å². The lowest BCUT2D eigenvalue weighted by molar-refractivity contribution is -0.129. The zero-order valence-electron chi connectivity index (χ0n) is 21.1. The fourth-order valence-corrected chi connectivity index (χ4v) is 4.64. The lowest BCUT2D eigenvalue weighted by Gasteiger charge is -2.29. The lowest BCUT2D eigenvalue weighted by Crippen LogP contribution is -2.47. The van der Waals surface area contributed by atoms with E-state index in [1.54, 1.807) is 12.4 Å². The predicted octanol–water partition coefficient (Wildman–Crippen LogP) is 3.86. The normalized spacial score (nSPS) is 17.1. The first kappa shape index (κ1) is 25.0. The molecule has 0 aliphatic carbocycles. The fourth-order valence-electron chi connectivity index (χ4n) is 4.64. The average Bonchev–Trinajstić information content (AvgIpc) is 3.59. The summed E-state index contributed by atoms with van der Waals surface area (Å²) < 4.78 is 23.3. The number of carbonyl (C=O) groups excluding carboxylic acids is 1. The largest absolute Gasteiger partial charge is 0.479 e. The van der Waals surface area contributed by atoms with Crippen LogP contribution in [0.2, 0.25) is 0 Å². The Labute approximate surface area is 217 Å². The quantitative estimate of drug-likeness (QED) is 0.426. The Morgan fingerprint density at radius 2 is 1.97 bits per heavy atom. The molecule has 5 rings (SSSR count). The van der Waals surface area contributed by atoms with Crippen molar-refractivity contribution < 1.29 is 23.7 Å². The van der Waals surface area contributed by atoms with Gasteiger partial charge < -0.3 is 24.3 Å². The molecular weight excluding hydrogens is 470 g/mol. The molecule has 2 aliphatic rings. The van der Waals surface area contributed by atoms with Gasteiger partial charge in [-0.1, -0.05) is 18.2 Å². The van der Waals surface area contributed by atoms with Crippen LogP contribution >= 0.6 is 0 Å². The van der Waals surface area contributed by atoms with E-state index in [2.05, 4.69) is 15.2 Å². The molecule has 194 valence electrons. The highest BCUT2D eigenvalue weighted by atomic mass is 16.7. The Hall–Kier alpha value is -3.62. The zero-order valence-corrected chi connectivity index (χ0v) is 21.1. The van der Waals surface area contributed by atoms with E-state index in [0.29, 0.717) is 31.9 Å². The molecule has 8 nitrogen and oxygen atoms in total. The summed E-state index contributed by atoms with van der Waals surface area (Å²) in [5.74, 6) is 2.01. The number of pyridine rings is 1. The number of aryl methyl sites for hydroxylation is 1. The van der Waals surface area contributed by atoms with Crippen molar-refractivity contribution in [2.75, 3.05) is 26.5 Å². The predicted molar refractivity (Wildman–Crippen MR) is 138 cm³/mol. The number of ether oxygens (including phenoxy) is 4. The maximum absolute atomic E-state index is 13.4. The van der Waals surface area contributed by atoms with E-state index in [1.807, 2.05) is 61.5 Å². The van der Waals surface area contributed by atoms with Crippen LogP contribution in [0.3, 0.4) is 0 Å². The molecule has 1 saturated heterocycles. The van der Waals surface area contributed by atoms with Gasteiger partial charge in [0.25, 0.3) is 5.91 Å². The summed E-state index contributed by atoms with van der Waals surface area (Å²) in [5.41, 5.74) is 3.13. The molecule has 3 aromatic rings. The molecule has 3 heterocycles. The van der Waals surface area contributed by atoms with E-state index in [4.69, 9.17) is 18.9 Å². The summed E-state index contributed by atoms with van der Waals surface area (Å²) in [6.07, 6.45) is 4.92. The highest BCUT2D eigenvalue weighted by Crippen LogP contribution is 2.33. The molecule has 1 fully saturated rings. The van der Waals surface area contributed by atoms with Crippen LogP contribution in [0.15, 0.2) is 67.0 Å². The number of hydrogen-bond donors (Lipinski definition) is 1. The molecule has 2 atom stereocenters. The maximum Gasteiger partial charge on any atom is 0.262 e. The first-order valence-corrected chi connectivity index (χ1v) is 12.7. The Balaban J connectivity index is 1.34. The van der Waals surface area contributed by atoms with Crippen LogP contribution in [-0.2, 0) is 22.6 Å². The molecule has 0 spiro atoms. The van der Waals surface area contributed by atoms with E-state index in [9.17, 15) is 4.79 Å². The van der Waals surface area contributed by atoms with Crippen molar-refractivity contribution in [2.45, 2.75) is 45.1 Å². The number of nitrogens with zero attached hydrogens (tertiary/aromatic N) is 2. The molecule has 0 radical (unpaired) electrons. The van der Waals surface area contributed by atoms with E-state index >= 15 is 0 Å². The zero-order chi connectivity index (χ0) is 25.5. The Morgan fingerprint density at radius 3 is 2.78 bits per heavy atom. The van der Waals surface area contributed by atoms with Gasteiger partial charge in [-0.25, -0.2) is 0 Å². The summed E-state index contributed by atoms with van der Waals surface area (Å²) in [6, 6.07) is 17.5. The summed E-state index contributed by atoms with van der Waals surface area (Å²) in [6.45, 7) is 5.17. The summed E-state index contributed by atoms with van der Waals surface area (Å²) in [4.78, 5) is 19.7. The molecule has 1 aromatic heterocycles. The van der Waals surface area contributed by atoms with Gasteiger partial charge in [-0.2, -0.15) is 0 Å². The van der Waals surface area contributed by atoms with Crippen LogP contribution in [0, 0.1) is 6.92 Å². The van der Waals surface area contributed by atoms with E-state index < -0.39 is 6.10 Å². The molecule has 0 saturated carbocycles. The maximum atomic E-state index is 13.4. The summed E-state index contributed by atoms with van der Waals surface area (Å²) >= 11 is 0. The van der Waals surface area contributed by atoms with E-state index in [0.717, 1.165) is 47.6 Å². The smallest absolute Gasteiger partial charge is 0.262 e. The number of amides is 1. The van der Waals surface area contributed by atoms with Crippen molar-refractivity contribution in [3.05, 3.63) is 83.7 Å². The molecule has 2 unspecified atom stereocenters. The van der Waals surface area contributed by atoms with Gasteiger partial charge in [0.1, 0.15) is 5.75 Å². The number of rotatable bonds is 11. The molecule has 2 aromatic carbocycles. The molecule has 2 aliphatic heterocycles. The Kier molecular flexibility index (Phi) is 8.18. The Morgan fingerprint density at radius 1 is 1.11 bits per heavy atom. The van der Waals surface area contributed by atoms with Crippen LogP contribution in [-0.4, -0.2) is 54.5 Å². The highest BCUT2D eigenvalue weighted by Gasteiger charge is 2.27. The second kappa shape index (κ2) is 12.1. The van der Waals surface area contributed by atoms with Crippen molar-refractivity contribution in [1.82, 2.24) is 15.2 Å². The third kappa shape index (κ3) is 6.99. The van der Waals surface area contributed by atoms with Gasteiger partial charge in [-0.15, -0.1) is 0 Å². The van der Waals surface area contributed by atoms with Crippen molar-refractivity contribution in [2.24, 2.45) is 0 Å². The molecule has 8 heteroatoms. The van der Waals surface area contributed by atoms with Crippen LogP contribution < -0.4 is 19.5 Å². The van der Waals surface area contributed by atoms with E-state index in [-0.39, 0.29) is 18.8 Å². The SMILES string of the molecule is Cc1cccc(OC(CN(Cc2ccc3c(c2)OCO3)CC2CCCO2)C(=O)NCc2ccncc2)c1. The second-order valence-electron chi connectivity index (χ2n) is 9.51. The van der Waals surface area contributed by atoms with Gasteiger partial charge in [0.15, 0.2) is 17.6 Å². The van der Waals surface area contributed by atoms with Gasteiger partial charge >= 0.3 is 0 Å². The summed E-state index contributed by atoms with van der Waals surface area (Å²) in [5, 5.41) is 3.04. The average molecular weight is 504 g/mol. The van der Waals surface area contributed by atoms with Gasteiger partial charge in [0, 0.05) is 45.2 Å². The van der Waals surface area contributed by atoms with Crippen molar-refractivity contribution in [3.8, 4) is 17.2 Å². The minimum absolute atomic E-state index is 0.133. The Bertz CT molecular complexity index is 1180. The molecule has 1 N–H and O–H groups in total. The first-order valence-electron chi connectivity index (χ1n) is 12.7. The highest BCUT2D eigenvalue weighted by molar-refractivity contribution is 5.81. The number of carbonyl (C=O) groups is 1. The number of fused-ring (bicyclic) bond motifs is 1. The van der Waals surface area contributed by atoms with Crippen LogP contribution in [0.1, 0.15) is 29.5 Å². The van der Waals surface area contributed by atoms with Crippen LogP contribution in [0.4, 0.5) is 0 Å². The molecule has 0 bridgehead atoms. The van der Waals surface area contributed by atoms with Crippen molar-refractivity contribution in [1.29, 1.82) is 0 Å². The number of benzene rings is 2. The van der Waals surface area contributed by atoms with Crippen molar-refractivity contribution in [3.63, 3.8) is 0 Å². The van der Waals surface area contributed by atoms with Crippen LogP contribution in [0.5, 0.6) is 17.2 Å². The number of nitrogens with one attached hydrogen (secondary N) is 1. The first-order chi connectivity index (χ1) is 18.1. The van der Waals surface area contributed by atoms with Gasteiger partial charge in [0.05, 0.1) is 6.10 Å². The number of hydrogen-bond acceptors (Lipinski definition) is 7. The van der Waals surface area contributed by atoms with Gasteiger partial charge in [-0.3, -0.25) is 14.7 Å². The van der Waals surface area contributed by atoms with E-state index in [1.165, 1.54) is 0 Å². The van der Waals surface area contributed by atoms with Gasteiger partial charge in [-0.05, 0) is 72.9 Å².